The fourth-order valence-corrected chi connectivity index (χ4v) is 8.36. The van der Waals surface area contributed by atoms with Crippen molar-refractivity contribution in [2.75, 3.05) is 26.3 Å². The van der Waals surface area contributed by atoms with Crippen LogP contribution in [0.25, 0.3) is 0 Å². The molecule has 0 aromatic rings. The molecule has 0 radical (unpaired) electrons. The Hall–Kier alpha value is -0.310. The molecule has 0 aromatic heterocycles. The number of ether oxygens (including phenoxy) is 2. The van der Waals surface area contributed by atoms with E-state index in [9.17, 15) is 111 Å². The van der Waals surface area contributed by atoms with Gasteiger partial charge in [0.2, 0.25) is 0 Å². The summed E-state index contributed by atoms with van der Waals surface area (Å²) >= 11 is 0. The molecule has 2 fully saturated rings. The Balaban J connectivity index is 2.11. The molecule has 0 aromatic carbocycles. The van der Waals surface area contributed by atoms with Crippen LogP contribution in [0.5, 0.6) is 0 Å². The van der Waals surface area contributed by atoms with E-state index in [1.54, 1.807) is 0 Å². The fourth-order valence-electron chi connectivity index (χ4n) is 5.10. The molecule has 0 spiro atoms. The fraction of sp³-hybridized carbons (Fsp3) is 0.941. The SMILES string of the molecule is O=C(NCCO[C@@H]1[C@H](O)[C@@H](OP(=O)([O-])[O-])[C@H](OP(=O)([O-])[O-])[C@@H](O)[C@@H]1OP(=O)([O-])[O-])NCCO[C@@H]1[C@H](O)[C@@H](OP(=O)([O-])[O-])[C@H](OP(=O)([O-])[O-])[C@@H](O)[C@@H]1OP(=O)([O-])[O-]. The summed E-state index contributed by atoms with van der Waals surface area (Å²) in [5.41, 5.74) is 0. The van der Waals surface area contributed by atoms with Gasteiger partial charge in [0.1, 0.15) is 73.2 Å². The molecule has 0 bridgehead atoms. The number of urea groups is 1. The number of aliphatic hydroxyl groups excluding tert-OH is 4. The van der Waals surface area contributed by atoms with Crippen LogP contribution in [-0.2, 0) is 64.0 Å². The molecular formula is C17H26N2O31P6-12. The first-order chi connectivity index (χ1) is 25.1. The summed E-state index contributed by atoms with van der Waals surface area (Å²) in [7, 11) is -37.5. The molecule has 0 saturated heterocycles. The van der Waals surface area contributed by atoms with Crippen LogP contribution in [-0.4, -0.2) is 126 Å². The Kier molecular flexibility index (Phi) is 18.5. The minimum absolute atomic E-state index is 0.742. The monoisotopic (exact) mass is 940 g/mol. The van der Waals surface area contributed by atoms with E-state index in [-0.39, 0.29) is 0 Å². The molecule has 0 unspecified atom stereocenters. The Morgan fingerprint density at radius 3 is 0.768 bits per heavy atom. The van der Waals surface area contributed by atoms with Crippen molar-refractivity contribution in [1.82, 2.24) is 10.6 Å². The van der Waals surface area contributed by atoms with Crippen LogP contribution in [0.3, 0.4) is 0 Å². The number of phosphoric ester groups is 6. The van der Waals surface area contributed by atoms with E-state index in [1.807, 2.05) is 10.6 Å². The lowest BCUT2D eigenvalue weighted by molar-refractivity contribution is -0.372. The van der Waals surface area contributed by atoms with Crippen LogP contribution >= 0.6 is 46.9 Å². The first kappa shape index (κ1) is 51.8. The molecule has 6 N–H and O–H groups in total. The maximum absolute atomic E-state index is 12.2. The third-order valence-electron chi connectivity index (χ3n) is 6.89. The van der Waals surface area contributed by atoms with Crippen LogP contribution in [0.15, 0.2) is 0 Å². The number of phosphoric acid groups is 6. The summed E-state index contributed by atoms with van der Waals surface area (Å²) < 4.78 is 101. The molecule has 2 aliphatic rings. The predicted molar refractivity (Wildman–Crippen MR) is 140 cm³/mol. The van der Waals surface area contributed by atoms with Gasteiger partial charge in [-0.25, -0.2) is 4.79 Å². The van der Waals surface area contributed by atoms with Gasteiger partial charge in [-0.1, -0.05) is 0 Å². The van der Waals surface area contributed by atoms with E-state index in [4.69, 9.17) is 9.47 Å². The molecule has 2 amide bonds. The molecule has 0 heterocycles. The highest BCUT2D eigenvalue weighted by atomic mass is 31.2. The van der Waals surface area contributed by atoms with Gasteiger partial charge in [-0.2, -0.15) is 0 Å². The van der Waals surface area contributed by atoms with Crippen molar-refractivity contribution in [3.05, 3.63) is 0 Å². The van der Waals surface area contributed by atoms with E-state index in [0.717, 1.165) is 0 Å². The number of carbonyl (C=O) groups is 1. The Morgan fingerprint density at radius 2 is 0.571 bits per heavy atom. The van der Waals surface area contributed by atoms with E-state index in [2.05, 4.69) is 27.1 Å². The second kappa shape index (κ2) is 20.0. The Morgan fingerprint density at radius 1 is 0.393 bits per heavy atom. The summed E-state index contributed by atoms with van der Waals surface area (Å²) in [6.45, 7) is -3.35. The molecule has 12 atom stereocenters. The van der Waals surface area contributed by atoms with E-state index >= 15 is 0 Å². The van der Waals surface area contributed by atoms with Crippen molar-refractivity contribution in [3.8, 4) is 0 Å². The van der Waals surface area contributed by atoms with Crippen LogP contribution in [0, 0.1) is 0 Å². The number of nitrogens with one attached hydrogen (secondary N) is 2. The van der Waals surface area contributed by atoms with Crippen LogP contribution in [0.1, 0.15) is 0 Å². The van der Waals surface area contributed by atoms with Crippen molar-refractivity contribution in [3.63, 3.8) is 0 Å². The summed E-state index contributed by atoms with van der Waals surface area (Å²) in [5.74, 6) is 0. The van der Waals surface area contributed by atoms with Gasteiger partial charge in [-0.05, 0) is 0 Å². The zero-order valence-corrected chi connectivity index (χ0v) is 32.1. The zero-order valence-electron chi connectivity index (χ0n) is 26.8. The zero-order chi connectivity index (χ0) is 43.4. The number of carbonyl (C=O) groups excluding carboxylic acids is 1. The van der Waals surface area contributed by atoms with Crippen molar-refractivity contribution < 1.29 is 148 Å². The normalized spacial score (nSPS) is 32.6. The number of aliphatic hydroxyl groups is 4. The summed E-state index contributed by atoms with van der Waals surface area (Å²) in [6.07, 6.45) is -33.0. The Labute approximate surface area is 311 Å². The standard InChI is InChI=1S/C17H38N2O31P6/c20-5-9(11(45-51(25,26)27)7(22)15(49-55(37,38)39)13(5)47-53(31,32)33)43-3-1-18-17(24)19-2-4-44-10-6(21)14(48-54(34,35)36)16(50-56(40,41)42)8(23)12(10)46-52(28,29)30/h5-16,20-23H,1-4H2,(H2,18,19,24)(H2,25,26,27)(H2,28,29,30)(H2,31,32,33)(H2,34,35,36)(H2,37,38,39)(H2,40,41,42)/p-12/t5-,6-,7-,8-,9+,10+,11-,12-,13+,14+,15+,16+/m0/s1. The first-order valence-electron chi connectivity index (χ1n) is 14.3. The molecule has 2 aliphatic carbocycles. The molecule has 2 saturated carbocycles. The van der Waals surface area contributed by atoms with Gasteiger partial charge in [-0.15, -0.1) is 0 Å². The van der Waals surface area contributed by atoms with Gasteiger partial charge in [-0.3, -0.25) is 0 Å². The lowest BCUT2D eigenvalue weighted by Crippen LogP contribution is -2.66. The van der Waals surface area contributed by atoms with E-state index in [0.29, 0.717) is 0 Å². The van der Waals surface area contributed by atoms with E-state index < -0.39 is 153 Å². The highest BCUT2D eigenvalue weighted by Gasteiger charge is 2.55. The summed E-state index contributed by atoms with van der Waals surface area (Å²) in [4.78, 5) is 147. The van der Waals surface area contributed by atoms with Gasteiger partial charge in [0, 0.05) is 13.1 Å². The van der Waals surface area contributed by atoms with Crippen molar-refractivity contribution in [1.29, 1.82) is 0 Å². The number of amides is 2. The second-order valence-corrected chi connectivity index (χ2v) is 17.6. The predicted octanol–water partition coefficient (Wildman–Crippen LogP) is -14.2. The topological polar surface area (TPSA) is 575 Å². The van der Waals surface area contributed by atoms with E-state index in [1.165, 1.54) is 0 Å². The van der Waals surface area contributed by atoms with Gasteiger partial charge in [0.05, 0.1) is 60.1 Å². The van der Waals surface area contributed by atoms with Crippen molar-refractivity contribution in [2.45, 2.75) is 73.2 Å². The Bertz CT molecular complexity index is 1490. The molecular weight excluding hydrogens is 914 g/mol. The van der Waals surface area contributed by atoms with Gasteiger partial charge >= 0.3 is 6.03 Å². The minimum Gasteiger partial charge on any atom is -0.790 e. The van der Waals surface area contributed by atoms with Crippen LogP contribution < -0.4 is 69.4 Å². The van der Waals surface area contributed by atoms with Gasteiger partial charge in [0.15, 0.2) is 0 Å². The average molecular weight is 940 g/mol. The summed E-state index contributed by atoms with van der Waals surface area (Å²) in [6, 6.07) is -1.23. The molecule has 39 heteroatoms. The molecule has 332 valence electrons. The highest BCUT2D eigenvalue weighted by Crippen LogP contribution is 2.45. The lowest BCUT2D eigenvalue weighted by Gasteiger charge is -2.52. The van der Waals surface area contributed by atoms with Crippen LogP contribution in [0.4, 0.5) is 4.79 Å². The lowest BCUT2D eigenvalue weighted by atomic mass is 9.85. The third kappa shape index (κ3) is 17.7. The molecule has 0 aliphatic heterocycles. The highest BCUT2D eigenvalue weighted by molar-refractivity contribution is 7.44. The average Bonchev–Trinajstić information content (AvgIpc) is 2.97. The second-order valence-electron chi connectivity index (χ2n) is 10.9. The smallest absolute Gasteiger partial charge is 0.314 e. The first-order valence-corrected chi connectivity index (χ1v) is 23.1. The summed E-state index contributed by atoms with van der Waals surface area (Å²) in [5, 5.41) is 45.9. The number of hydrogen-bond donors (Lipinski definition) is 6. The third-order valence-corrected chi connectivity index (χ3v) is 9.90. The number of hydrogen-bond acceptors (Lipinski definition) is 31. The van der Waals surface area contributed by atoms with Crippen molar-refractivity contribution >= 4 is 53.0 Å². The maximum Gasteiger partial charge on any atom is 0.314 e. The molecule has 56 heavy (non-hydrogen) atoms. The van der Waals surface area contributed by atoms with Gasteiger partial charge in [0.25, 0.3) is 0 Å². The van der Waals surface area contributed by atoms with Crippen LogP contribution in [0.2, 0.25) is 0 Å². The van der Waals surface area contributed by atoms with Gasteiger partial charge < -0.3 is 154 Å². The largest absolute Gasteiger partial charge is 0.790 e. The van der Waals surface area contributed by atoms with Crippen molar-refractivity contribution in [2.24, 2.45) is 0 Å². The minimum atomic E-state index is -6.26. The molecule has 33 nitrogen and oxygen atoms in total. The number of rotatable bonds is 20. The quantitative estimate of drug-likeness (QED) is 0.0487. The maximum atomic E-state index is 12.2. The molecule has 2 rings (SSSR count).